The van der Waals surface area contributed by atoms with Gasteiger partial charge in [0, 0.05) is 24.9 Å². The lowest BCUT2D eigenvalue weighted by Crippen LogP contribution is -2.44. The molecule has 1 fully saturated rings. The van der Waals surface area contributed by atoms with E-state index >= 15 is 0 Å². The molecule has 0 aromatic carbocycles. The van der Waals surface area contributed by atoms with Crippen LogP contribution in [0.4, 0.5) is 13.2 Å². The first-order valence-corrected chi connectivity index (χ1v) is 6.98. The van der Waals surface area contributed by atoms with Crippen molar-refractivity contribution in [3.8, 4) is 0 Å². The van der Waals surface area contributed by atoms with Gasteiger partial charge in [-0.05, 0) is 25.5 Å². The lowest BCUT2D eigenvalue weighted by atomic mass is 10.1. The van der Waals surface area contributed by atoms with Crippen molar-refractivity contribution in [3.05, 3.63) is 0 Å². The Labute approximate surface area is 110 Å². The number of hydrogen-bond donors (Lipinski definition) is 2. The molecule has 1 atom stereocenters. The normalized spacial score (nSPS) is 25.3. The van der Waals surface area contributed by atoms with E-state index in [1.165, 1.54) is 6.42 Å². The van der Waals surface area contributed by atoms with Crippen LogP contribution in [-0.4, -0.2) is 42.8 Å². The van der Waals surface area contributed by atoms with Gasteiger partial charge in [-0.3, -0.25) is 4.99 Å². The number of alkyl halides is 3. The lowest BCUT2D eigenvalue weighted by Gasteiger charge is -2.24. The Morgan fingerprint density at radius 3 is 2.61 bits per heavy atom. The molecule has 0 aromatic rings. The SMILES string of the molecule is CN=C(NCCC(F)(F)F)NCC1(C)CCCS1. The molecule has 18 heavy (non-hydrogen) atoms. The minimum Gasteiger partial charge on any atom is -0.356 e. The molecule has 0 aromatic heterocycles. The zero-order valence-electron chi connectivity index (χ0n) is 10.7. The second-order valence-electron chi connectivity index (χ2n) is 4.62. The molecule has 0 spiro atoms. The molecule has 0 radical (unpaired) electrons. The van der Waals surface area contributed by atoms with E-state index in [4.69, 9.17) is 0 Å². The largest absolute Gasteiger partial charge is 0.390 e. The third-order valence-electron chi connectivity index (χ3n) is 2.85. The maximum absolute atomic E-state index is 12.0. The summed E-state index contributed by atoms with van der Waals surface area (Å²) in [5.74, 6) is 1.59. The average Bonchev–Trinajstić information content (AvgIpc) is 2.69. The highest BCUT2D eigenvalue weighted by Crippen LogP contribution is 2.36. The molecular weight excluding hydrogens is 263 g/mol. The van der Waals surface area contributed by atoms with Crippen molar-refractivity contribution in [3.63, 3.8) is 0 Å². The Hall–Kier alpha value is -0.590. The van der Waals surface area contributed by atoms with Crippen LogP contribution in [0.5, 0.6) is 0 Å². The van der Waals surface area contributed by atoms with E-state index in [2.05, 4.69) is 22.5 Å². The van der Waals surface area contributed by atoms with Crippen molar-refractivity contribution in [1.29, 1.82) is 0 Å². The highest BCUT2D eigenvalue weighted by molar-refractivity contribution is 8.00. The van der Waals surface area contributed by atoms with Crippen LogP contribution in [-0.2, 0) is 0 Å². The first kappa shape index (κ1) is 15.5. The number of guanidine groups is 1. The smallest absolute Gasteiger partial charge is 0.356 e. The van der Waals surface area contributed by atoms with Crippen molar-refractivity contribution >= 4 is 17.7 Å². The van der Waals surface area contributed by atoms with Gasteiger partial charge in [-0.25, -0.2) is 0 Å². The van der Waals surface area contributed by atoms with Gasteiger partial charge in [-0.15, -0.1) is 0 Å². The number of nitrogens with zero attached hydrogens (tertiary/aromatic N) is 1. The van der Waals surface area contributed by atoms with Crippen LogP contribution in [0, 0.1) is 0 Å². The Balaban J connectivity index is 2.26. The van der Waals surface area contributed by atoms with Crippen molar-refractivity contribution in [1.82, 2.24) is 10.6 Å². The summed E-state index contributed by atoms with van der Waals surface area (Å²) in [6.07, 6.45) is -2.65. The predicted octanol–water partition coefficient (Wildman–Crippen LogP) is 2.39. The predicted molar refractivity (Wildman–Crippen MR) is 70.1 cm³/mol. The van der Waals surface area contributed by atoms with E-state index in [0.717, 1.165) is 18.7 Å². The molecule has 0 bridgehead atoms. The molecule has 1 rings (SSSR count). The van der Waals surface area contributed by atoms with Crippen LogP contribution in [0.1, 0.15) is 26.2 Å². The van der Waals surface area contributed by atoms with Gasteiger partial charge in [0.2, 0.25) is 0 Å². The van der Waals surface area contributed by atoms with Crippen molar-refractivity contribution in [2.24, 2.45) is 4.99 Å². The van der Waals surface area contributed by atoms with Crippen LogP contribution in [0.3, 0.4) is 0 Å². The molecule has 3 nitrogen and oxygen atoms in total. The molecular formula is C11H20F3N3S. The number of hydrogen-bond acceptors (Lipinski definition) is 2. The van der Waals surface area contributed by atoms with E-state index in [1.54, 1.807) is 7.05 Å². The Bertz CT molecular complexity index is 286. The van der Waals surface area contributed by atoms with Crippen molar-refractivity contribution in [2.45, 2.75) is 37.1 Å². The highest BCUT2D eigenvalue weighted by atomic mass is 32.2. The Kier molecular flexibility index (Phi) is 5.62. The first-order chi connectivity index (χ1) is 8.35. The molecule has 1 aliphatic rings. The van der Waals surface area contributed by atoms with Gasteiger partial charge in [0.05, 0.1) is 6.42 Å². The zero-order chi connectivity index (χ0) is 13.6. The number of halogens is 3. The summed E-state index contributed by atoms with van der Waals surface area (Å²) in [7, 11) is 1.56. The fourth-order valence-electron chi connectivity index (χ4n) is 1.79. The molecule has 1 heterocycles. The summed E-state index contributed by atoms with van der Waals surface area (Å²) in [5, 5.41) is 5.77. The molecule has 106 valence electrons. The second kappa shape index (κ2) is 6.54. The third kappa shape index (κ3) is 5.84. The van der Waals surface area contributed by atoms with E-state index in [-0.39, 0.29) is 11.3 Å². The summed E-state index contributed by atoms with van der Waals surface area (Å²) < 4.78 is 36.2. The fraction of sp³-hybridized carbons (Fsp3) is 0.909. The quantitative estimate of drug-likeness (QED) is 0.614. The highest BCUT2D eigenvalue weighted by Gasteiger charge is 2.29. The van der Waals surface area contributed by atoms with Crippen molar-refractivity contribution in [2.75, 3.05) is 25.9 Å². The van der Waals surface area contributed by atoms with Crippen LogP contribution < -0.4 is 10.6 Å². The maximum Gasteiger partial charge on any atom is 0.390 e. The molecule has 0 aliphatic carbocycles. The molecule has 2 N–H and O–H groups in total. The standard InChI is InChI=1S/C11H20F3N3S/c1-10(4-3-7-18-10)8-17-9(15-2)16-6-5-11(12,13)14/h3-8H2,1-2H3,(H2,15,16,17). The van der Waals surface area contributed by atoms with Gasteiger partial charge in [0.1, 0.15) is 0 Å². The summed E-state index contributed by atoms with van der Waals surface area (Å²) in [6, 6.07) is 0. The van der Waals surface area contributed by atoms with E-state index in [1.807, 2.05) is 11.8 Å². The topological polar surface area (TPSA) is 36.4 Å². The summed E-state index contributed by atoms with van der Waals surface area (Å²) in [4.78, 5) is 3.92. The van der Waals surface area contributed by atoms with Crippen molar-refractivity contribution < 1.29 is 13.2 Å². The minimum absolute atomic E-state index is 0.146. The van der Waals surface area contributed by atoms with Gasteiger partial charge in [0.15, 0.2) is 5.96 Å². The van der Waals surface area contributed by atoms with Gasteiger partial charge in [0.25, 0.3) is 0 Å². The summed E-state index contributed by atoms with van der Waals surface area (Å²) in [5.41, 5.74) is 0. The zero-order valence-corrected chi connectivity index (χ0v) is 11.5. The van der Waals surface area contributed by atoms with Gasteiger partial charge < -0.3 is 10.6 Å². The fourth-order valence-corrected chi connectivity index (χ4v) is 3.03. The first-order valence-electron chi connectivity index (χ1n) is 6.00. The summed E-state index contributed by atoms with van der Waals surface area (Å²) in [6.45, 7) is 2.75. The van der Waals surface area contributed by atoms with E-state index < -0.39 is 12.6 Å². The van der Waals surface area contributed by atoms with Crippen LogP contribution >= 0.6 is 11.8 Å². The Morgan fingerprint density at radius 2 is 2.11 bits per heavy atom. The number of rotatable bonds is 4. The monoisotopic (exact) mass is 283 g/mol. The Morgan fingerprint density at radius 1 is 1.39 bits per heavy atom. The van der Waals surface area contributed by atoms with Crippen LogP contribution in [0.15, 0.2) is 4.99 Å². The molecule has 0 saturated carbocycles. The molecule has 1 saturated heterocycles. The molecule has 7 heteroatoms. The third-order valence-corrected chi connectivity index (χ3v) is 4.39. The average molecular weight is 283 g/mol. The van der Waals surface area contributed by atoms with Crippen LogP contribution in [0.2, 0.25) is 0 Å². The molecule has 1 aliphatic heterocycles. The van der Waals surface area contributed by atoms with Gasteiger partial charge >= 0.3 is 6.18 Å². The number of aliphatic imine (C=N–C) groups is 1. The van der Waals surface area contributed by atoms with E-state index in [0.29, 0.717) is 5.96 Å². The summed E-state index contributed by atoms with van der Waals surface area (Å²) >= 11 is 1.90. The number of nitrogens with one attached hydrogen (secondary N) is 2. The van der Waals surface area contributed by atoms with E-state index in [9.17, 15) is 13.2 Å². The molecule has 0 amide bonds. The van der Waals surface area contributed by atoms with Gasteiger partial charge in [-0.1, -0.05) is 0 Å². The second-order valence-corrected chi connectivity index (χ2v) is 6.30. The number of thioether (sulfide) groups is 1. The van der Waals surface area contributed by atoms with Gasteiger partial charge in [-0.2, -0.15) is 24.9 Å². The lowest BCUT2D eigenvalue weighted by molar-refractivity contribution is -0.132. The van der Waals surface area contributed by atoms with Crippen LogP contribution in [0.25, 0.3) is 0 Å². The minimum atomic E-state index is -4.13. The molecule has 1 unspecified atom stereocenters. The maximum atomic E-state index is 12.0.